The number of para-hydroxylation sites is 1. The molecule has 0 saturated heterocycles. The predicted molar refractivity (Wildman–Crippen MR) is 149 cm³/mol. The number of thiazole rings is 1. The van der Waals surface area contributed by atoms with Crippen LogP contribution in [0.2, 0.25) is 0 Å². The maximum Gasteiger partial charge on any atom is 0.0833 e. The van der Waals surface area contributed by atoms with Gasteiger partial charge in [-0.3, -0.25) is 0 Å². The van der Waals surface area contributed by atoms with E-state index in [4.69, 9.17) is 0 Å². The summed E-state index contributed by atoms with van der Waals surface area (Å²) in [6.45, 7) is 4.74. The van der Waals surface area contributed by atoms with Crippen LogP contribution in [0.4, 0.5) is 0 Å². The summed E-state index contributed by atoms with van der Waals surface area (Å²) >= 11 is 1.72. The van der Waals surface area contributed by atoms with Crippen LogP contribution in [0.5, 0.6) is 0 Å². The summed E-state index contributed by atoms with van der Waals surface area (Å²) < 4.78 is 3.72. The smallest absolute Gasteiger partial charge is 0.0833 e. The van der Waals surface area contributed by atoms with Gasteiger partial charge in [0.1, 0.15) is 0 Å². The Balaban J connectivity index is 1.66. The molecule has 0 atom stereocenters. The second-order valence-corrected chi connectivity index (χ2v) is 10.9. The molecule has 0 unspecified atom stereocenters. The van der Waals surface area contributed by atoms with E-state index in [0.29, 0.717) is 0 Å². The molecule has 8 rings (SSSR count). The van der Waals surface area contributed by atoms with Gasteiger partial charge in [-0.05, 0) is 45.7 Å². The van der Waals surface area contributed by atoms with Gasteiger partial charge in [0.15, 0.2) is 0 Å². The van der Waals surface area contributed by atoms with E-state index in [1.165, 1.54) is 65.2 Å². The van der Waals surface area contributed by atoms with Crippen LogP contribution in [0.25, 0.3) is 59.6 Å². The van der Waals surface area contributed by atoms with E-state index in [1.807, 2.05) is 5.51 Å². The summed E-state index contributed by atoms with van der Waals surface area (Å²) in [5, 5.41) is 5.21. The summed E-state index contributed by atoms with van der Waals surface area (Å²) in [4.78, 5) is 4.63. The number of hydrogen-bond acceptors (Lipinski definition) is 2. The quantitative estimate of drug-likeness (QED) is 0.236. The molecule has 3 heteroatoms. The molecule has 5 aromatic carbocycles. The highest BCUT2D eigenvalue weighted by atomic mass is 32.1. The summed E-state index contributed by atoms with van der Waals surface area (Å²) in [5.74, 6) is 0. The molecule has 0 saturated carbocycles. The fraction of sp³-hybridized carbons (Fsp3) is 0.0938. The van der Waals surface area contributed by atoms with E-state index >= 15 is 0 Å². The molecule has 0 amide bonds. The van der Waals surface area contributed by atoms with E-state index in [0.717, 1.165) is 5.52 Å². The fourth-order valence-corrected chi connectivity index (χ4v) is 7.13. The molecule has 1 aliphatic rings. The number of hydrogen-bond donors (Lipinski definition) is 0. The first-order valence-electron chi connectivity index (χ1n) is 12.1. The van der Waals surface area contributed by atoms with Gasteiger partial charge in [0.2, 0.25) is 0 Å². The van der Waals surface area contributed by atoms with Gasteiger partial charge in [0.05, 0.1) is 32.4 Å². The molecule has 0 fully saturated rings. The minimum Gasteiger partial charge on any atom is -0.307 e. The van der Waals surface area contributed by atoms with Gasteiger partial charge in [-0.15, -0.1) is 11.3 Å². The average molecular weight is 467 g/mol. The Hall–Kier alpha value is -3.95. The Morgan fingerprint density at radius 3 is 2.37 bits per heavy atom. The molecule has 0 radical (unpaired) electrons. The minimum atomic E-state index is -0.0688. The van der Waals surface area contributed by atoms with Crippen molar-refractivity contribution in [3.8, 4) is 16.8 Å². The topological polar surface area (TPSA) is 17.8 Å². The zero-order valence-electron chi connectivity index (χ0n) is 19.5. The molecule has 0 spiro atoms. The lowest BCUT2D eigenvalue weighted by atomic mass is 9.82. The molecule has 0 bridgehead atoms. The highest BCUT2D eigenvalue weighted by molar-refractivity contribution is 7.17. The summed E-state index contributed by atoms with van der Waals surface area (Å²) in [7, 11) is 0. The van der Waals surface area contributed by atoms with Crippen molar-refractivity contribution < 1.29 is 0 Å². The van der Waals surface area contributed by atoms with Crippen LogP contribution in [0, 0.1) is 0 Å². The van der Waals surface area contributed by atoms with Gasteiger partial charge >= 0.3 is 0 Å². The Kier molecular flexibility index (Phi) is 3.64. The molecule has 166 valence electrons. The lowest BCUT2D eigenvalue weighted by Crippen LogP contribution is -2.14. The number of aromatic nitrogens is 2. The highest BCUT2D eigenvalue weighted by Crippen LogP contribution is 2.55. The van der Waals surface area contributed by atoms with E-state index < -0.39 is 0 Å². The zero-order valence-corrected chi connectivity index (χ0v) is 20.4. The third-order valence-electron chi connectivity index (χ3n) is 7.94. The van der Waals surface area contributed by atoms with Crippen LogP contribution in [0.3, 0.4) is 0 Å². The Labute approximate surface area is 207 Å². The van der Waals surface area contributed by atoms with Crippen molar-refractivity contribution in [2.45, 2.75) is 19.3 Å². The first-order valence-corrected chi connectivity index (χ1v) is 12.9. The maximum absolute atomic E-state index is 4.63. The molecule has 0 N–H and O–H groups in total. The van der Waals surface area contributed by atoms with Crippen molar-refractivity contribution in [1.29, 1.82) is 0 Å². The van der Waals surface area contributed by atoms with E-state index in [1.54, 1.807) is 11.3 Å². The van der Waals surface area contributed by atoms with Crippen molar-refractivity contribution in [3.05, 3.63) is 108 Å². The molecule has 1 aliphatic carbocycles. The van der Waals surface area contributed by atoms with Gasteiger partial charge in [-0.1, -0.05) is 86.6 Å². The third-order valence-corrected chi connectivity index (χ3v) is 8.80. The molecule has 7 aromatic rings. The van der Waals surface area contributed by atoms with Crippen LogP contribution in [-0.2, 0) is 5.41 Å². The Morgan fingerprint density at radius 2 is 1.46 bits per heavy atom. The van der Waals surface area contributed by atoms with E-state index in [-0.39, 0.29) is 5.41 Å². The normalized spacial score (nSPS) is 14.2. The van der Waals surface area contributed by atoms with Crippen LogP contribution in [-0.4, -0.2) is 9.55 Å². The monoisotopic (exact) mass is 466 g/mol. The van der Waals surface area contributed by atoms with E-state index in [2.05, 4.69) is 114 Å². The molecular weight excluding hydrogens is 444 g/mol. The van der Waals surface area contributed by atoms with Gasteiger partial charge in [-0.2, -0.15) is 0 Å². The first kappa shape index (κ1) is 19.4. The standard InChI is InChI=1S/C32H22N2S/c1-32(2)23-16-14-19-8-3-4-9-20(19)28(23)29-24(32)17-15-22-21-10-5-6-12-26(21)34(30(22)29)27-13-7-11-25-31(27)35-18-33-25/h3-18H,1-2H3. The van der Waals surface area contributed by atoms with Crippen LogP contribution in [0.15, 0.2) is 96.5 Å². The van der Waals surface area contributed by atoms with E-state index in [9.17, 15) is 0 Å². The van der Waals surface area contributed by atoms with Crippen LogP contribution >= 0.6 is 11.3 Å². The van der Waals surface area contributed by atoms with Gasteiger partial charge in [-0.25, -0.2) is 4.98 Å². The lowest BCUT2D eigenvalue weighted by molar-refractivity contribution is 0.661. The van der Waals surface area contributed by atoms with Crippen LogP contribution in [0.1, 0.15) is 25.0 Å². The molecule has 0 aliphatic heterocycles. The molecule has 2 nitrogen and oxygen atoms in total. The first-order chi connectivity index (χ1) is 17.1. The second kappa shape index (κ2) is 6.59. The highest BCUT2D eigenvalue weighted by Gasteiger charge is 2.38. The van der Waals surface area contributed by atoms with Gasteiger partial charge < -0.3 is 4.57 Å². The Morgan fingerprint density at radius 1 is 0.686 bits per heavy atom. The average Bonchev–Trinajstić information content (AvgIpc) is 3.56. The molecule has 35 heavy (non-hydrogen) atoms. The van der Waals surface area contributed by atoms with Crippen molar-refractivity contribution in [2.24, 2.45) is 0 Å². The molecular formula is C32H22N2S. The number of fused-ring (bicyclic) bond motifs is 10. The van der Waals surface area contributed by atoms with Gasteiger partial charge in [0.25, 0.3) is 0 Å². The minimum absolute atomic E-state index is 0.0688. The van der Waals surface area contributed by atoms with Crippen molar-refractivity contribution in [3.63, 3.8) is 0 Å². The Bertz CT molecular complexity index is 1990. The SMILES string of the molecule is CC1(C)c2ccc3ccccc3c2-c2c1ccc1c3ccccc3n(-c3cccc4ncsc34)c21. The van der Waals surface area contributed by atoms with Crippen molar-refractivity contribution in [1.82, 2.24) is 9.55 Å². The lowest BCUT2D eigenvalue weighted by Gasteiger charge is -2.21. The number of benzene rings is 5. The van der Waals surface area contributed by atoms with Crippen LogP contribution < -0.4 is 0 Å². The number of nitrogens with zero attached hydrogens (tertiary/aromatic N) is 2. The summed E-state index contributed by atoms with van der Waals surface area (Å²) in [5.41, 5.74) is 12.2. The third kappa shape index (κ3) is 2.36. The fourth-order valence-electron chi connectivity index (χ4n) is 6.34. The summed E-state index contributed by atoms with van der Waals surface area (Å²) in [6.07, 6.45) is 0. The zero-order chi connectivity index (χ0) is 23.3. The maximum atomic E-state index is 4.63. The van der Waals surface area contributed by atoms with Crippen molar-refractivity contribution >= 4 is 54.1 Å². The second-order valence-electron chi connectivity index (χ2n) is 10.0. The molecule has 2 heterocycles. The van der Waals surface area contributed by atoms with Gasteiger partial charge in [0, 0.05) is 21.8 Å². The summed E-state index contributed by atoms with van der Waals surface area (Å²) in [6, 6.07) is 33.5. The molecule has 2 aromatic heterocycles. The largest absolute Gasteiger partial charge is 0.307 e. The predicted octanol–water partition coefficient (Wildman–Crippen LogP) is 8.85. The van der Waals surface area contributed by atoms with Crippen molar-refractivity contribution in [2.75, 3.05) is 0 Å². The number of rotatable bonds is 1.